The summed E-state index contributed by atoms with van der Waals surface area (Å²) in [6.45, 7) is 0. The van der Waals surface area contributed by atoms with E-state index in [2.05, 4.69) is 26.5 Å². The highest BCUT2D eigenvalue weighted by atomic mass is 79.9. The molecular formula is C15H15BrN2O5. The lowest BCUT2D eigenvalue weighted by Gasteiger charge is -2.13. The molecule has 0 aliphatic heterocycles. The number of hydrazone groups is 1. The van der Waals surface area contributed by atoms with Gasteiger partial charge in [0.2, 0.25) is 5.75 Å². The Kier molecular flexibility index (Phi) is 5.64. The van der Waals surface area contributed by atoms with Crippen molar-refractivity contribution in [2.24, 2.45) is 5.10 Å². The number of amides is 1. The molecule has 23 heavy (non-hydrogen) atoms. The molecule has 122 valence electrons. The van der Waals surface area contributed by atoms with Gasteiger partial charge < -0.3 is 18.6 Å². The van der Waals surface area contributed by atoms with Crippen molar-refractivity contribution in [2.45, 2.75) is 0 Å². The number of furan rings is 1. The van der Waals surface area contributed by atoms with Crippen LogP contribution in [0.3, 0.4) is 0 Å². The number of ether oxygens (including phenoxy) is 3. The number of halogens is 1. The van der Waals surface area contributed by atoms with Crippen LogP contribution >= 0.6 is 15.9 Å². The third-order valence-electron chi connectivity index (χ3n) is 2.90. The van der Waals surface area contributed by atoms with Gasteiger partial charge in [0.05, 0.1) is 27.5 Å². The van der Waals surface area contributed by atoms with Gasteiger partial charge in [-0.15, -0.1) is 0 Å². The van der Waals surface area contributed by atoms with Gasteiger partial charge in [0.15, 0.2) is 21.9 Å². The van der Waals surface area contributed by atoms with Gasteiger partial charge in [-0.25, -0.2) is 5.43 Å². The summed E-state index contributed by atoms with van der Waals surface area (Å²) in [4.78, 5) is 11.8. The molecule has 1 heterocycles. The van der Waals surface area contributed by atoms with Crippen LogP contribution in [0.5, 0.6) is 17.2 Å². The van der Waals surface area contributed by atoms with Gasteiger partial charge >= 0.3 is 5.91 Å². The fourth-order valence-electron chi connectivity index (χ4n) is 1.88. The first-order chi connectivity index (χ1) is 11.1. The molecule has 7 nitrogen and oxygen atoms in total. The molecule has 0 aliphatic carbocycles. The third kappa shape index (κ3) is 3.84. The largest absolute Gasteiger partial charge is 0.493 e. The van der Waals surface area contributed by atoms with Gasteiger partial charge in [0, 0.05) is 5.56 Å². The molecule has 0 bridgehead atoms. The molecule has 1 aromatic heterocycles. The van der Waals surface area contributed by atoms with E-state index in [1.165, 1.54) is 33.6 Å². The van der Waals surface area contributed by atoms with Gasteiger partial charge in [0.25, 0.3) is 0 Å². The zero-order valence-corrected chi connectivity index (χ0v) is 14.3. The highest BCUT2D eigenvalue weighted by molar-refractivity contribution is 9.10. The number of methoxy groups -OCH3 is 3. The van der Waals surface area contributed by atoms with E-state index in [0.717, 1.165) is 0 Å². The maximum Gasteiger partial charge on any atom is 0.307 e. The van der Waals surface area contributed by atoms with Crippen molar-refractivity contribution in [3.8, 4) is 17.2 Å². The van der Waals surface area contributed by atoms with Crippen molar-refractivity contribution in [3.05, 3.63) is 40.3 Å². The van der Waals surface area contributed by atoms with Crippen molar-refractivity contribution in [1.29, 1.82) is 0 Å². The number of carbonyl (C=O) groups is 1. The van der Waals surface area contributed by atoms with Gasteiger partial charge in [-0.05, 0) is 40.2 Å². The Morgan fingerprint density at radius 2 is 1.87 bits per heavy atom. The second kappa shape index (κ2) is 7.68. The van der Waals surface area contributed by atoms with E-state index < -0.39 is 5.91 Å². The zero-order chi connectivity index (χ0) is 16.8. The van der Waals surface area contributed by atoms with E-state index >= 15 is 0 Å². The number of rotatable bonds is 6. The number of hydrogen-bond donors (Lipinski definition) is 1. The molecule has 0 radical (unpaired) electrons. The monoisotopic (exact) mass is 382 g/mol. The highest BCUT2D eigenvalue weighted by Crippen LogP contribution is 2.38. The van der Waals surface area contributed by atoms with Gasteiger partial charge in [0.1, 0.15) is 0 Å². The molecule has 0 aliphatic rings. The molecule has 1 N–H and O–H groups in total. The molecule has 2 rings (SSSR count). The number of nitrogens with one attached hydrogen (secondary N) is 1. The van der Waals surface area contributed by atoms with Crippen LogP contribution in [0.15, 0.2) is 38.5 Å². The summed E-state index contributed by atoms with van der Waals surface area (Å²) in [5.41, 5.74) is 2.98. The lowest BCUT2D eigenvalue weighted by atomic mass is 10.2. The molecule has 0 saturated heterocycles. The summed E-state index contributed by atoms with van der Waals surface area (Å²) in [7, 11) is 4.55. The molecule has 0 fully saturated rings. The summed E-state index contributed by atoms with van der Waals surface area (Å²) in [6.07, 6.45) is 1.44. The maximum atomic E-state index is 11.8. The summed E-state index contributed by atoms with van der Waals surface area (Å²) < 4.78 is 21.4. The van der Waals surface area contributed by atoms with Crippen LogP contribution in [0.2, 0.25) is 0 Å². The summed E-state index contributed by atoms with van der Waals surface area (Å²) in [5.74, 6) is 1.11. The lowest BCUT2D eigenvalue weighted by Crippen LogP contribution is -2.16. The van der Waals surface area contributed by atoms with Crippen molar-refractivity contribution < 1.29 is 23.4 Å². The Hall–Kier alpha value is -2.48. The Bertz CT molecular complexity index is 727. The molecule has 1 amide bonds. The molecule has 1 aromatic carbocycles. The van der Waals surface area contributed by atoms with Crippen LogP contribution in [0.4, 0.5) is 0 Å². The van der Waals surface area contributed by atoms with Crippen molar-refractivity contribution in [1.82, 2.24) is 5.43 Å². The van der Waals surface area contributed by atoms with E-state index in [-0.39, 0.29) is 5.76 Å². The Labute approximate surface area is 141 Å². The normalized spacial score (nSPS) is 10.6. The molecular weight excluding hydrogens is 368 g/mol. The van der Waals surface area contributed by atoms with Crippen molar-refractivity contribution in [3.63, 3.8) is 0 Å². The maximum absolute atomic E-state index is 11.8. The van der Waals surface area contributed by atoms with Crippen LogP contribution in [0.25, 0.3) is 0 Å². The summed E-state index contributed by atoms with van der Waals surface area (Å²) in [5, 5.41) is 3.89. The predicted octanol–water partition coefficient (Wildman–Crippen LogP) is 2.83. The molecule has 0 saturated carbocycles. The number of carbonyl (C=O) groups excluding carboxylic acids is 1. The molecule has 0 unspecified atom stereocenters. The molecule has 2 aromatic rings. The topological polar surface area (TPSA) is 82.3 Å². The minimum Gasteiger partial charge on any atom is -0.493 e. The van der Waals surface area contributed by atoms with Crippen molar-refractivity contribution >= 4 is 28.1 Å². The lowest BCUT2D eigenvalue weighted by molar-refractivity contribution is 0.0926. The van der Waals surface area contributed by atoms with E-state index in [0.29, 0.717) is 27.5 Å². The smallest absolute Gasteiger partial charge is 0.307 e. The van der Waals surface area contributed by atoms with Crippen LogP contribution in [-0.2, 0) is 0 Å². The van der Waals surface area contributed by atoms with E-state index in [4.69, 9.17) is 18.6 Å². The number of nitrogens with zero attached hydrogens (tertiary/aromatic N) is 1. The number of benzene rings is 1. The number of hydrogen-bond acceptors (Lipinski definition) is 6. The summed E-state index contributed by atoms with van der Waals surface area (Å²) >= 11 is 3.13. The van der Waals surface area contributed by atoms with Crippen LogP contribution < -0.4 is 19.6 Å². The van der Waals surface area contributed by atoms with Crippen LogP contribution in [0.1, 0.15) is 16.1 Å². The first kappa shape index (κ1) is 16.9. The fourth-order valence-corrected chi connectivity index (χ4v) is 2.18. The Morgan fingerprint density at radius 3 is 2.43 bits per heavy atom. The fraction of sp³-hybridized carbons (Fsp3) is 0.200. The Morgan fingerprint density at radius 1 is 1.13 bits per heavy atom. The minimum absolute atomic E-state index is 0.147. The predicted molar refractivity (Wildman–Crippen MR) is 87.6 cm³/mol. The standard InChI is InChI=1S/C15H15BrN2O5/c1-20-10-5-4-9(13(21-2)14(10)22-3)8-17-18-15(19)11-6-7-12(16)23-11/h4-8H,1-3H3,(H,18,19)/b17-8+. The second-order valence-corrected chi connectivity index (χ2v) is 5.01. The van der Waals surface area contributed by atoms with Crippen LogP contribution in [0, 0.1) is 0 Å². The van der Waals surface area contributed by atoms with Gasteiger partial charge in [-0.2, -0.15) is 5.10 Å². The SMILES string of the molecule is COc1ccc(/C=N/NC(=O)c2ccc(Br)o2)c(OC)c1OC. The first-order valence-corrected chi connectivity index (χ1v) is 7.27. The quantitative estimate of drug-likeness (QED) is 0.613. The zero-order valence-electron chi connectivity index (χ0n) is 12.8. The third-order valence-corrected chi connectivity index (χ3v) is 3.33. The van der Waals surface area contributed by atoms with Gasteiger partial charge in [-0.3, -0.25) is 4.79 Å². The summed E-state index contributed by atoms with van der Waals surface area (Å²) in [6, 6.07) is 6.61. The second-order valence-electron chi connectivity index (χ2n) is 4.23. The van der Waals surface area contributed by atoms with Crippen molar-refractivity contribution in [2.75, 3.05) is 21.3 Å². The molecule has 0 spiro atoms. The Balaban J connectivity index is 2.17. The molecule has 0 atom stereocenters. The van der Waals surface area contributed by atoms with Gasteiger partial charge in [-0.1, -0.05) is 0 Å². The van der Waals surface area contributed by atoms with E-state index in [1.807, 2.05) is 0 Å². The average molecular weight is 383 g/mol. The highest BCUT2D eigenvalue weighted by Gasteiger charge is 2.15. The van der Waals surface area contributed by atoms with Crippen LogP contribution in [-0.4, -0.2) is 33.5 Å². The van der Waals surface area contributed by atoms with E-state index in [1.54, 1.807) is 18.2 Å². The molecule has 8 heteroatoms. The first-order valence-electron chi connectivity index (χ1n) is 6.48. The van der Waals surface area contributed by atoms with E-state index in [9.17, 15) is 4.79 Å². The average Bonchev–Trinajstić information content (AvgIpc) is 3.00. The minimum atomic E-state index is -0.466.